The van der Waals surface area contributed by atoms with Crippen molar-refractivity contribution in [2.24, 2.45) is 0 Å². The smallest absolute Gasteiger partial charge is 0.352 e. The van der Waals surface area contributed by atoms with Crippen LogP contribution in [0.3, 0.4) is 0 Å². The fraction of sp³-hybridized carbons (Fsp3) is 0.120. The van der Waals surface area contributed by atoms with Crippen molar-refractivity contribution in [3.63, 3.8) is 0 Å². The first-order chi connectivity index (χ1) is 16.4. The fourth-order valence-electron chi connectivity index (χ4n) is 3.94. The molecule has 0 atom stereocenters. The van der Waals surface area contributed by atoms with Crippen molar-refractivity contribution in [1.29, 1.82) is 0 Å². The standard InChI is InChI=1S/C25H18ClNO7/c26-20-10-23-18(13-33-34-23)7-17(20)11-27-21-5-4-19(8-16(21)9-22(27)25(30)31)32-12-14-2-1-3-15(6-14)24(28)29/h1-10H,11-13H2,(H,28,29)(H,30,31). The van der Waals surface area contributed by atoms with Crippen LogP contribution in [-0.2, 0) is 24.6 Å². The topological polar surface area (TPSA) is 107 Å². The molecule has 1 aliphatic rings. The van der Waals surface area contributed by atoms with Crippen molar-refractivity contribution >= 4 is 34.4 Å². The van der Waals surface area contributed by atoms with Gasteiger partial charge in [0.25, 0.3) is 0 Å². The Morgan fingerprint density at radius 3 is 2.68 bits per heavy atom. The number of hydrogen-bond acceptors (Lipinski definition) is 5. The first-order valence-corrected chi connectivity index (χ1v) is 10.7. The number of aromatic nitrogens is 1. The maximum absolute atomic E-state index is 12.0. The average Bonchev–Trinajstić information content (AvgIpc) is 3.42. The van der Waals surface area contributed by atoms with Crippen molar-refractivity contribution in [1.82, 2.24) is 4.57 Å². The van der Waals surface area contributed by atoms with Gasteiger partial charge in [-0.25, -0.2) is 9.59 Å². The normalized spacial score (nSPS) is 12.4. The number of hydrogen-bond donors (Lipinski definition) is 2. The molecule has 3 aromatic carbocycles. The lowest BCUT2D eigenvalue weighted by Crippen LogP contribution is -2.09. The number of rotatable bonds is 7. The Morgan fingerprint density at radius 1 is 1.03 bits per heavy atom. The number of carboxylic acids is 2. The van der Waals surface area contributed by atoms with Gasteiger partial charge in [-0.1, -0.05) is 23.7 Å². The summed E-state index contributed by atoms with van der Waals surface area (Å²) < 4.78 is 7.52. The summed E-state index contributed by atoms with van der Waals surface area (Å²) in [5, 5.41) is 20.1. The SMILES string of the molecule is O=C(O)c1cccc(COc2ccc3c(c2)cc(C(=O)O)n3Cc2cc3c(cc2Cl)OOC3)c1. The number of ether oxygens (including phenoxy) is 1. The Balaban J connectivity index is 1.43. The van der Waals surface area contributed by atoms with E-state index in [1.54, 1.807) is 53.1 Å². The molecular formula is C25H18ClNO7. The second-order valence-electron chi connectivity index (χ2n) is 7.83. The molecule has 5 rings (SSSR count). The molecule has 2 heterocycles. The molecule has 0 aliphatic carbocycles. The summed E-state index contributed by atoms with van der Waals surface area (Å²) >= 11 is 6.41. The van der Waals surface area contributed by atoms with Crippen LogP contribution in [0.2, 0.25) is 5.02 Å². The van der Waals surface area contributed by atoms with Crippen molar-refractivity contribution in [2.75, 3.05) is 0 Å². The number of fused-ring (bicyclic) bond motifs is 2. The molecule has 8 nitrogen and oxygen atoms in total. The summed E-state index contributed by atoms with van der Waals surface area (Å²) in [5.74, 6) is -0.977. The van der Waals surface area contributed by atoms with E-state index in [1.165, 1.54) is 6.07 Å². The van der Waals surface area contributed by atoms with E-state index in [0.717, 1.165) is 11.1 Å². The second-order valence-corrected chi connectivity index (χ2v) is 8.24. The predicted molar refractivity (Wildman–Crippen MR) is 123 cm³/mol. The highest BCUT2D eigenvalue weighted by Crippen LogP contribution is 2.34. The molecule has 0 bridgehead atoms. The van der Waals surface area contributed by atoms with E-state index in [-0.39, 0.29) is 24.4 Å². The van der Waals surface area contributed by atoms with Gasteiger partial charge in [-0.05, 0) is 53.6 Å². The summed E-state index contributed by atoms with van der Waals surface area (Å²) in [6.07, 6.45) is 0. The van der Waals surface area contributed by atoms with Crippen LogP contribution in [-0.4, -0.2) is 26.7 Å². The molecule has 2 N–H and O–H groups in total. The van der Waals surface area contributed by atoms with E-state index in [9.17, 15) is 14.7 Å². The summed E-state index contributed by atoms with van der Waals surface area (Å²) in [4.78, 5) is 33.2. The highest BCUT2D eigenvalue weighted by atomic mass is 35.5. The monoisotopic (exact) mass is 479 g/mol. The predicted octanol–water partition coefficient (Wildman–Crippen LogP) is 5.14. The lowest BCUT2D eigenvalue weighted by Gasteiger charge is -2.12. The van der Waals surface area contributed by atoms with Crippen molar-refractivity contribution in [3.8, 4) is 11.5 Å². The minimum absolute atomic E-state index is 0.116. The van der Waals surface area contributed by atoms with E-state index in [1.807, 2.05) is 6.07 Å². The first kappa shape index (κ1) is 21.8. The van der Waals surface area contributed by atoms with Gasteiger partial charge >= 0.3 is 11.9 Å². The molecule has 0 saturated heterocycles. The second kappa shape index (κ2) is 8.74. The van der Waals surface area contributed by atoms with Crippen LogP contribution < -0.4 is 9.62 Å². The zero-order chi connectivity index (χ0) is 23.8. The van der Waals surface area contributed by atoms with Crippen molar-refractivity contribution < 1.29 is 34.3 Å². The molecule has 1 aliphatic heterocycles. The molecule has 9 heteroatoms. The van der Waals surface area contributed by atoms with Crippen LogP contribution in [0.5, 0.6) is 11.5 Å². The number of nitrogens with zero attached hydrogens (tertiary/aromatic N) is 1. The van der Waals surface area contributed by atoms with Gasteiger partial charge in [0, 0.05) is 34.1 Å². The zero-order valence-electron chi connectivity index (χ0n) is 17.7. The van der Waals surface area contributed by atoms with Gasteiger partial charge in [-0.3, -0.25) is 0 Å². The van der Waals surface area contributed by atoms with Crippen LogP contribution in [0.4, 0.5) is 0 Å². The summed E-state index contributed by atoms with van der Waals surface area (Å²) in [7, 11) is 0. The van der Waals surface area contributed by atoms with Gasteiger partial charge in [0.05, 0.1) is 5.56 Å². The van der Waals surface area contributed by atoms with E-state index in [2.05, 4.69) is 0 Å². The minimum Gasteiger partial charge on any atom is -0.489 e. The first-order valence-electron chi connectivity index (χ1n) is 10.3. The molecule has 0 unspecified atom stereocenters. The van der Waals surface area contributed by atoms with Crippen molar-refractivity contribution in [3.05, 3.63) is 93.6 Å². The molecule has 0 saturated carbocycles. The summed E-state index contributed by atoms with van der Waals surface area (Å²) in [6, 6.07) is 16.9. The highest BCUT2D eigenvalue weighted by molar-refractivity contribution is 6.31. The van der Waals surface area contributed by atoms with Crippen molar-refractivity contribution in [2.45, 2.75) is 19.8 Å². The molecule has 172 valence electrons. The average molecular weight is 480 g/mol. The minimum atomic E-state index is -1.06. The van der Waals surface area contributed by atoms with Crippen LogP contribution in [0.1, 0.15) is 37.5 Å². The van der Waals surface area contributed by atoms with Crippen LogP contribution in [0.25, 0.3) is 10.9 Å². The molecule has 0 radical (unpaired) electrons. The van der Waals surface area contributed by atoms with Gasteiger partial charge in [-0.15, -0.1) is 0 Å². The Morgan fingerprint density at radius 2 is 1.88 bits per heavy atom. The van der Waals surface area contributed by atoms with Gasteiger partial charge in [0.2, 0.25) is 0 Å². The largest absolute Gasteiger partial charge is 0.489 e. The molecular weight excluding hydrogens is 462 g/mol. The summed E-state index contributed by atoms with van der Waals surface area (Å²) in [6.45, 7) is 0.723. The van der Waals surface area contributed by atoms with Gasteiger partial charge < -0.3 is 24.4 Å². The Labute approximate surface area is 198 Å². The Kier molecular flexibility index (Phi) is 5.61. The molecule has 34 heavy (non-hydrogen) atoms. The molecule has 0 fully saturated rings. The highest BCUT2D eigenvalue weighted by Gasteiger charge is 2.20. The van der Waals surface area contributed by atoms with Gasteiger partial charge in [0.15, 0.2) is 5.75 Å². The lowest BCUT2D eigenvalue weighted by molar-refractivity contribution is -0.194. The number of halogens is 1. The fourth-order valence-corrected chi connectivity index (χ4v) is 4.15. The molecule has 0 amide bonds. The number of carboxylic acid groups (broad SMARTS) is 2. The number of aromatic carboxylic acids is 2. The third-order valence-electron chi connectivity index (χ3n) is 5.59. The van der Waals surface area contributed by atoms with Crippen LogP contribution >= 0.6 is 11.6 Å². The number of benzene rings is 3. The van der Waals surface area contributed by atoms with Gasteiger partial charge in [-0.2, -0.15) is 4.89 Å². The Bertz CT molecular complexity index is 1440. The lowest BCUT2D eigenvalue weighted by atomic mass is 10.1. The maximum atomic E-state index is 12.0. The maximum Gasteiger partial charge on any atom is 0.352 e. The van der Waals surface area contributed by atoms with E-state index < -0.39 is 11.9 Å². The van der Waals surface area contributed by atoms with Gasteiger partial charge in [0.1, 0.15) is 24.7 Å². The molecule has 1 aromatic heterocycles. The Hall–Kier alpha value is -4.01. The van der Waals surface area contributed by atoms with E-state index in [0.29, 0.717) is 39.6 Å². The summed E-state index contributed by atoms with van der Waals surface area (Å²) in [5.41, 5.74) is 3.31. The number of carbonyl (C=O) groups is 2. The zero-order valence-corrected chi connectivity index (χ0v) is 18.4. The van der Waals surface area contributed by atoms with E-state index in [4.69, 9.17) is 31.2 Å². The third kappa shape index (κ3) is 4.16. The molecule has 4 aromatic rings. The quantitative estimate of drug-likeness (QED) is 0.353. The third-order valence-corrected chi connectivity index (χ3v) is 5.94. The van der Waals surface area contributed by atoms with Crippen LogP contribution in [0, 0.1) is 0 Å². The van der Waals surface area contributed by atoms with Crippen LogP contribution in [0.15, 0.2) is 60.7 Å². The molecule has 0 spiro atoms. The van der Waals surface area contributed by atoms with E-state index >= 15 is 0 Å².